The van der Waals surface area contributed by atoms with Crippen LogP contribution in [0.3, 0.4) is 0 Å². The molecule has 0 spiro atoms. The van der Waals surface area contributed by atoms with Gasteiger partial charge in [-0.05, 0) is 0 Å². The summed E-state index contributed by atoms with van der Waals surface area (Å²) in [7, 11) is 0. The molecule has 0 saturated heterocycles. The molecule has 0 rings (SSSR count). The fourth-order valence-corrected chi connectivity index (χ4v) is 6.08. The van der Waals surface area contributed by atoms with Gasteiger partial charge in [-0.15, -0.1) is 0 Å². The van der Waals surface area contributed by atoms with Crippen LogP contribution in [0, 0.1) is 0 Å². The van der Waals surface area contributed by atoms with Gasteiger partial charge in [0.25, 0.3) is 0 Å². The molecule has 64 valence electrons. The first-order valence-corrected chi connectivity index (χ1v) is 13.2. The Labute approximate surface area is 84.6 Å². The summed E-state index contributed by atoms with van der Waals surface area (Å²) in [6.07, 6.45) is 8.93. The van der Waals surface area contributed by atoms with Crippen LogP contribution in [0.15, 0.2) is 0 Å². The predicted molar refractivity (Wildman–Crippen MR) is 48.7 cm³/mol. The van der Waals surface area contributed by atoms with E-state index in [9.17, 15) is 0 Å². The molecule has 0 nitrogen and oxygen atoms in total. The molecule has 0 aliphatic carbocycles. The minimum absolute atomic E-state index is 0.251. The van der Waals surface area contributed by atoms with E-state index < -0.39 is 0 Å². The van der Waals surface area contributed by atoms with Crippen molar-refractivity contribution in [2.24, 2.45) is 0 Å². The summed E-state index contributed by atoms with van der Waals surface area (Å²) in [5, 5.41) is 0. The van der Waals surface area contributed by atoms with Gasteiger partial charge < -0.3 is 0 Å². The van der Waals surface area contributed by atoms with Gasteiger partial charge in [0.1, 0.15) is 0 Å². The quantitative estimate of drug-likeness (QED) is 0.456. The second-order valence-corrected chi connectivity index (χ2v) is 12.9. The molecule has 0 radical (unpaired) electrons. The molecule has 0 aromatic carbocycles. The second-order valence-electron chi connectivity index (χ2n) is 3.47. The fourth-order valence-electron chi connectivity index (χ4n) is 1.38. The molecule has 0 aromatic heterocycles. The summed E-state index contributed by atoms with van der Waals surface area (Å²) in [5.41, 5.74) is 0. The molecule has 0 N–H and O–H groups in total. The standard InChI is InChI=1S/C8H17.C2H5.Hg/c1-3-5-7-8-6-4-2;1-2;/h1,3-8H2,2H3;1H2,2H3;. The Balaban J connectivity index is 2.69. The van der Waals surface area contributed by atoms with E-state index in [0.717, 1.165) is 0 Å². The van der Waals surface area contributed by atoms with Gasteiger partial charge in [0, 0.05) is 0 Å². The summed E-state index contributed by atoms with van der Waals surface area (Å²) in [4.78, 5) is 0. The van der Waals surface area contributed by atoms with Crippen LogP contribution in [0.25, 0.3) is 0 Å². The molecular weight excluding hydrogens is 321 g/mol. The Morgan fingerprint density at radius 2 is 1.45 bits per heavy atom. The summed E-state index contributed by atoms with van der Waals surface area (Å²) in [6, 6.07) is 0. The SMILES string of the molecule is CCCCCCC[CH2][Hg][CH2]C. The maximum atomic E-state index is 2.37. The van der Waals surface area contributed by atoms with E-state index in [-0.39, 0.29) is 24.6 Å². The van der Waals surface area contributed by atoms with Crippen molar-refractivity contribution in [3.05, 3.63) is 0 Å². The Kier molecular flexibility index (Phi) is 11.9. The average molecular weight is 343 g/mol. The Hall–Kier alpha value is 0.935. The van der Waals surface area contributed by atoms with Crippen LogP contribution in [0.5, 0.6) is 0 Å². The summed E-state index contributed by atoms with van der Waals surface area (Å²) in [5.74, 6) is 0. The molecule has 0 amide bonds. The third-order valence-electron chi connectivity index (χ3n) is 2.21. The van der Waals surface area contributed by atoms with Gasteiger partial charge >= 0.3 is 84.8 Å². The average Bonchev–Trinajstić information content (AvgIpc) is 2.03. The van der Waals surface area contributed by atoms with E-state index in [0.29, 0.717) is 0 Å². The Bertz CT molecular complexity index is 53.9. The van der Waals surface area contributed by atoms with Crippen molar-refractivity contribution in [2.45, 2.75) is 60.2 Å². The van der Waals surface area contributed by atoms with Gasteiger partial charge in [-0.25, -0.2) is 0 Å². The van der Waals surface area contributed by atoms with Gasteiger partial charge in [0.2, 0.25) is 0 Å². The molecule has 0 aromatic rings. The summed E-state index contributed by atoms with van der Waals surface area (Å²) in [6.45, 7) is 4.66. The van der Waals surface area contributed by atoms with E-state index in [1.807, 2.05) is 0 Å². The van der Waals surface area contributed by atoms with Crippen LogP contribution in [-0.4, -0.2) is 0 Å². The first-order chi connectivity index (χ1) is 5.41. The molecule has 0 heterocycles. The minimum atomic E-state index is -0.251. The van der Waals surface area contributed by atoms with Gasteiger partial charge in [0.15, 0.2) is 0 Å². The van der Waals surface area contributed by atoms with Crippen LogP contribution < -0.4 is 0 Å². The third kappa shape index (κ3) is 10.9. The second kappa shape index (κ2) is 10.9. The molecular formula is C10H22Hg. The van der Waals surface area contributed by atoms with E-state index in [1.165, 1.54) is 32.1 Å². The van der Waals surface area contributed by atoms with Gasteiger partial charge in [-0.2, -0.15) is 0 Å². The van der Waals surface area contributed by atoms with Crippen molar-refractivity contribution in [1.29, 1.82) is 0 Å². The third-order valence-corrected chi connectivity index (χ3v) is 8.84. The van der Waals surface area contributed by atoms with E-state index in [1.54, 1.807) is 14.3 Å². The number of unbranched alkanes of at least 4 members (excludes halogenated alkanes) is 5. The Morgan fingerprint density at radius 3 is 2.09 bits per heavy atom. The van der Waals surface area contributed by atoms with Crippen molar-refractivity contribution in [1.82, 2.24) is 0 Å². The predicted octanol–water partition coefficient (Wildman–Crippen LogP) is 4.29. The normalized spacial score (nSPS) is 9.64. The van der Waals surface area contributed by atoms with Crippen molar-refractivity contribution in [3.63, 3.8) is 0 Å². The zero-order valence-electron chi connectivity index (χ0n) is 8.36. The molecule has 0 unspecified atom stereocenters. The molecule has 0 aliphatic rings. The Morgan fingerprint density at radius 1 is 0.818 bits per heavy atom. The number of hydrogen-bond acceptors (Lipinski definition) is 0. The van der Waals surface area contributed by atoms with Crippen LogP contribution in [-0.2, 0) is 24.6 Å². The molecule has 0 aliphatic heterocycles. The van der Waals surface area contributed by atoms with Gasteiger partial charge in [-0.3, -0.25) is 0 Å². The summed E-state index contributed by atoms with van der Waals surface area (Å²) < 4.78 is 3.28. The first kappa shape index (κ1) is 11.9. The topological polar surface area (TPSA) is 0 Å². The van der Waals surface area contributed by atoms with Gasteiger partial charge in [0.05, 0.1) is 0 Å². The molecule has 0 saturated carbocycles. The molecule has 1 heteroatoms. The van der Waals surface area contributed by atoms with Crippen molar-refractivity contribution >= 4 is 0 Å². The molecule has 0 bridgehead atoms. The number of hydrogen-bond donors (Lipinski definition) is 0. The number of rotatable bonds is 8. The van der Waals surface area contributed by atoms with Crippen molar-refractivity contribution < 1.29 is 24.6 Å². The van der Waals surface area contributed by atoms with E-state index >= 15 is 0 Å². The monoisotopic (exact) mass is 344 g/mol. The van der Waals surface area contributed by atoms with Gasteiger partial charge in [-0.1, -0.05) is 0 Å². The van der Waals surface area contributed by atoms with Crippen molar-refractivity contribution in [2.75, 3.05) is 0 Å². The molecule has 11 heavy (non-hydrogen) atoms. The maximum absolute atomic E-state index is 2.37. The molecule has 0 fully saturated rings. The summed E-state index contributed by atoms with van der Waals surface area (Å²) >= 11 is -0.251. The van der Waals surface area contributed by atoms with Crippen LogP contribution in [0.1, 0.15) is 52.4 Å². The zero-order chi connectivity index (χ0) is 8.36. The molecule has 0 atom stereocenters. The van der Waals surface area contributed by atoms with Crippen LogP contribution in [0.2, 0.25) is 7.86 Å². The van der Waals surface area contributed by atoms with Crippen molar-refractivity contribution in [3.8, 4) is 0 Å². The zero-order valence-corrected chi connectivity index (χ0v) is 13.9. The van der Waals surface area contributed by atoms with E-state index in [4.69, 9.17) is 0 Å². The fraction of sp³-hybridized carbons (Fsp3) is 1.00. The van der Waals surface area contributed by atoms with Crippen LogP contribution >= 0.6 is 0 Å². The van der Waals surface area contributed by atoms with Crippen LogP contribution in [0.4, 0.5) is 0 Å². The van der Waals surface area contributed by atoms with E-state index in [2.05, 4.69) is 13.8 Å². The first-order valence-electron chi connectivity index (χ1n) is 5.41.